The van der Waals surface area contributed by atoms with Crippen molar-refractivity contribution in [3.63, 3.8) is 0 Å². The summed E-state index contributed by atoms with van der Waals surface area (Å²) in [6.45, 7) is 1.24. The number of phenolic OH excluding ortho intramolecular Hbond substituents is 1. The number of ether oxygens (including phenoxy) is 1. The van der Waals surface area contributed by atoms with Crippen LogP contribution in [0.15, 0.2) is 18.2 Å². The number of phenols is 1. The molecule has 19 heavy (non-hydrogen) atoms. The van der Waals surface area contributed by atoms with Crippen molar-refractivity contribution in [2.75, 3.05) is 7.11 Å². The number of aromatic hydroxyl groups is 1. The molecule has 0 radical (unpaired) electrons. The maximum atomic E-state index is 11.9. The largest absolute Gasteiger partial charge is 0.504 e. The van der Waals surface area contributed by atoms with Crippen molar-refractivity contribution >= 4 is 11.9 Å². The predicted molar refractivity (Wildman–Crippen MR) is 65.2 cm³/mol. The standard InChI is InChI=1S/C12H15NO6/c1-6(14)9(12(17)18)13-11(16)7-4-3-5-8(19-2)10(7)15/h3-6,9,14-15H,1-2H3,(H,13,16)(H,17,18)/t6-,9+/m1/s1. The number of carboxylic acid groups (broad SMARTS) is 1. The Morgan fingerprint density at radius 3 is 2.47 bits per heavy atom. The van der Waals surface area contributed by atoms with E-state index in [-0.39, 0.29) is 11.3 Å². The normalized spacial score (nSPS) is 13.4. The van der Waals surface area contributed by atoms with Gasteiger partial charge in [0.1, 0.15) is 0 Å². The van der Waals surface area contributed by atoms with Crippen molar-refractivity contribution in [3.8, 4) is 11.5 Å². The number of carbonyl (C=O) groups is 2. The Hall–Kier alpha value is -2.28. The number of aliphatic carboxylic acids is 1. The summed E-state index contributed by atoms with van der Waals surface area (Å²) in [4.78, 5) is 22.7. The van der Waals surface area contributed by atoms with E-state index < -0.39 is 29.8 Å². The molecule has 0 saturated heterocycles. The molecule has 0 aromatic heterocycles. The molecule has 4 N–H and O–H groups in total. The topological polar surface area (TPSA) is 116 Å². The molecule has 0 unspecified atom stereocenters. The number of carboxylic acids is 1. The number of hydrogen-bond donors (Lipinski definition) is 4. The van der Waals surface area contributed by atoms with Crippen molar-refractivity contribution in [3.05, 3.63) is 23.8 Å². The molecule has 0 bridgehead atoms. The summed E-state index contributed by atoms with van der Waals surface area (Å²) in [6.07, 6.45) is -1.27. The van der Waals surface area contributed by atoms with Crippen molar-refractivity contribution in [1.82, 2.24) is 5.32 Å². The Bertz CT molecular complexity index is 485. The van der Waals surface area contributed by atoms with Crippen LogP contribution in [0.25, 0.3) is 0 Å². The maximum absolute atomic E-state index is 11.9. The first-order valence-electron chi connectivity index (χ1n) is 5.46. The summed E-state index contributed by atoms with van der Waals surface area (Å²) in [5, 5.41) is 30.0. The number of rotatable bonds is 5. The van der Waals surface area contributed by atoms with Crippen LogP contribution in [-0.2, 0) is 4.79 Å². The molecule has 2 atom stereocenters. The lowest BCUT2D eigenvalue weighted by molar-refractivity contribution is -0.141. The van der Waals surface area contributed by atoms with Crippen LogP contribution < -0.4 is 10.1 Å². The minimum atomic E-state index is -1.46. The molecule has 0 heterocycles. The summed E-state index contributed by atoms with van der Waals surface area (Å²) in [5.41, 5.74) is -0.133. The van der Waals surface area contributed by atoms with Crippen LogP contribution in [0.2, 0.25) is 0 Å². The van der Waals surface area contributed by atoms with E-state index in [9.17, 15) is 19.8 Å². The molecule has 0 aliphatic rings. The molecular formula is C12H15NO6. The lowest BCUT2D eigenvalue weighted by Crippen LogP contribution is -2.47. The summed E-state index contributed by atoms with van der Waals surface area (Å²) in [6, 6.07) is 2.79. The molecule has 0 spiro atoms. The highest BCUT2D eigenvalue weighted by atomic mass is 16.5. The number of hydrogen-bond acceptors (Lipinski definition) is 5. The SMILES string of the molecule is COc1cccc(C(=O)N[C@H](C(=O)O)[C@@H](C)O)c1O. The van der Waals surface area contributed by atoms with E-state index >= 15 is 0 Å². The van der Waals surface area contributed by atoms with E-state index in [1.165, 1.54) is 32.2 Å². The Morgan fingerprint density at radius 1 is 1.37 bits per heavy atom. The lowest BCUT2D eigenvalue weighted by Gasteiger charge is -2.17. The molecule has 0 saturated carbocycles. The Balaban J connectivity index is 2.98. The van der Waals surface area contributed by atoms with Crippen molar-refractivity contribution < 1.29 is 29.6 Å². The van der Waals surface area contributed by atoms with Gasteiger partial charge in [-0.3, -0.25) is 4.79 Å². The zero-order valence-electron chi connectivity index (χ0n) is 10.5. The van der Waals surface area contributed by atoms with Gasteiger partial charge in [0.2, 0.25) is 0 Å². The fourth-order valence-electron chi connectivity index (χ4n) is 1.48. The smallest absolute Gasteiger partial charge is 0.328 e. The van der Waals surface area contributed by atoms with Crippen LogP contribution in [0, 0.1) is 0 Å². The van der Waals surface area contributed by atoms with Gasteiger partial charge >= 0.3 is 5.97 Å². The molecule has 7 heteroatoms. The van der Waals surface area contributed by atoms with Crippen LogP contribution in [-0.4, -0.2) is 46.5 Å². The number of carbonyl (C=O) groups excluding carboxylic acids is 1. The molecule has 1 aromatic carbocycles. The summed E-state index contributed by atoms with van der Waals surface area (Å²) in [7, 11) is 1.33. The van der Waals surface area contributed by atoms with Crippen molar-refractivity contribution in [2.24, 2.45) is 0 Å². The number of aliphatic hydroxyl groups excluding tert-OH is 1. The van der Waals surface area contributed by atoms with Crippen LogP contribution >= 0.6 is 0 Å². The van der Waals surface area contributed by atoms with Crippen LogP contribution in [0.5, 0.6) is 11.5 Å². The fourth-order valence-corrected chi connectivity index (χ4v) is 1.48. The van der Waals surface area contributed by atoms with Crippen LogP contribution in [0.4, 0.5) is 0 Å². The van der Waals surface area contributed by atoms with Crippen LogP contribution in [0.3, 0.4) is 0 Å². The molecule has 0 aliphatic heterocycles. The monoisotopic (exact) mass is 269 g/mol. The third-order valence-corrected chi connectivity index (χ3v) is 2.50. The van der Waals surface area contributed by atoms with Gasteiger partial charge in [-0.05, 0) is 19.1 Å². The number of nitrogens with one attached hydrogen (secondary N) is 1. The molecule has 0 fully saturated rings. The molecule has 1 aromatic rings. The van der Waals surface area contributed by atoms with Gasteiger partial charge < -0.3 is 25.4 Å². The number of amides is 1. The minimum absolute atomic E-state index is 0.0940. The van der Waals surface area contributed by atoms with E-state index in [0.29, 0.717) is 0 Å². The van der Waals surface area contributed by atoms with E-state index in [1.54, 1.807) is 0 Å². The highest BCUT2D eigenvalue weighted by molar-refractivity contribution is 5.99. The third-order valence-electron chi connectivity index (χ3n) is 2.50. The first-order valence-corrected chi connectivity index (χ1v) is 5.46. The second kappa shape index (κ2) is 6.05. The van der Waals surface area contributed by atoms with E-state index in [1.807, 2.05) is 0 Å². The zero-order valence-corrected chi connectivity index (χ0v) is 10.5. The molecule has 104 valence electrons. The second-order valence-corrected chi connectivity index (χ2v) is 3.89. The second-order valence-electron chi connectivity index (χ2n) is 3.89. The van der Waals surface area contributed by atoms with Gasteiger partial charge in [0.15, 0.2) is 17.5 Å². The van der Waals surface area contributed by atoms with Gasteiger partial charge in [0.05, 0.1) is 18.8 Å². The summed E-state index contributed by atoms with van der Waals surface area (Å²) >= 11 is 0. The molecule has 7 nitrogen and oxygen atoms in total. The van der Waals surface area contributed by atoms with Crippen LogP contribution in [0.1, 0.15) is 17.3 Å². The number of benzene rings is 1. The van der Waals surface area contributed by atoms with Crippen molar-refractivity contribution in [1.29, 1.82) is 0 Å². The van der Waals surface area contributed by atoms with Gasteiger partial charge in [0, 0.05) is 0 Å². The third kappa shape index (κ3) is 3.35. The van der Waals surface area contributed by atoms with Gasteiger partial charge in [-0.1, -0.05) is 6.07 Å². The van der Waals surface area contributed by atoms with Crippen molar-refractivity contribution in [2.45, 2.75) is 19.1 Å². The Labute approximate surface area is 109 Å². The molecular weight excluding hydrogens is 254 g/mol. The molecule has 1 amide bonds. The average molecular weight is 269 g/mol. The number of aliphatic hydroxyl groups is 1. The highest BCUT2D eigenvalue weighted by Crippen LogP contribution is 2.29. The summed E-state index contributed by atoms with van der Waals surface area (Å²) in [5.74, 6) is -2.48. The average Bonchev–Trinajstić information content (AvgIpc) is 2.35. The first kappa shape index (κ1) is 14.8. The van der Waals surface area contributed by atoms with E-state index in [2.05, 4.69) is 5.32 Å². The quantitative estimate of drug-likeness (QED) is 0.596. The van der Waals surface area contributed by atoms with E-state index in [4.69, 9.17) is 9.84 Å². The van der Waals surface area contributed by atoms with Gasteiger partial charge in [0.25, 0.3) is 5.91 Å². The fraction of sp³-hybridized carbons (Fsp3) is 0.333. The zero-order chi connectivity index (χ0) is 14.6. The summed E-state index contributed by atoms with van der Waals surface area (Å²) < 4.78 is 4.84. The Morgan fingerprint density at radius 2 is 2.00 bits per heavy atom. The van der Waals surface area contributed by atoms with Gasteiger partial charge in [-0.15, -0.1) is 0 Å². The minimum Gasteiger partial charge on any atom is -0.504 e. The predicted octanol–water partition coefficient (Wildman–Crippen LogP) is -0.0354. The molecule has 0 aliphatic carbocycles. The number of para-hydroxylation sites is 1. The van der Waals surface area contributed by atoms with E-state index in [0.717, 1.165) is 0 Å². The molecule has 1 rings (SSSR count). The van der Waals surface area contributed by atoms with Gasteiger partial charge in [-0.25, -0.2) is 4.79 Å². The van der Waals surface area contributed by atoms with Gasteiger partial charge in [-0.2, -0.15) is 0 Å². The Kier molecular flexibility index (Phi) is 4.71. The lowest BCUT2D eigenvalue weighted by atomic mass is 10.1. The maximum Gasteiger partial charge on any atom is 0.328 e. The first-order chi connectivity index (χ1) is 8.88. The highest BCUT2D eigenvalue weighted by Gasteiger charge is 2.26. The number of methoxy groups -OCH3 is 1.